The molecule has 3 aromatic rings. The number of ketones is 1. The maximum atomic E-state index is 12.9. The average molecular weight is 547 g/mol. The fraction of sp³-hybridized carbons (Fsp3) is 0.308. The summed E-state index contributed by atoms with van der Waals surface area (Å²) in [6.07, 6.45) is -4.77. The predicted molar refractivity (Wildman–Crippen MR) is 133 cm³/mol. The van der Waals surface area contributed by atoms with Crippen molar-refractivity contribution in [2.45, 2.75) is 33.0 Å². The number of nitro groups is 1. The van der Waals surface area contributed by atoms with Crippen molar-refractivity contribution in [1.82, 2.24) is 4.57 Å². The molecule has 206 valence electrons. The molecule has 2 aromatic carbocycles. The van der Waals surface area contributed by atoms with Crippen LogP contribution in [0.15, 0.2) is 42.5 Å². The maximum absolute atomic E-state index is 12.9. The summed E-state index contributed by atoms with van der Waals surface area (Å²) in [5.74, 6) is -0.186. The number of carbonyl (C=O) groups excluding carboxylic acids is 2. The first-order chi connectivity index (χ1) is 18.4. The van der Waals surface area contributed by atoms with E-state index >= 15 is 0 Å². The molecule has 0 radical (unpaired) electrons. The van der Waals surface area contributed by atoms with Crippen LogP contribution in [0.2, 0.25) is 0 Å². The monoisotopic (exact) mass is 547 g/mol. The van der Waals surface area contributed by atoms with Crippen molar-refractivity contribution in [1.29, 1.82) is 0 Å². The normalized spacial score (nSPS) is 13.5. The lowest BCUT2D eigenvalue weighted by Gasteiger charge is -2.20. The standard InChI is InChI=1S/C26H24F3N3O7/c1-14-10-19(16(3)31(14)18-5-7-23-24(12-18)38-9-8-37-23)22(33)13-39-25(34)15(2)30-20-6-4-17(26(27,28)29)11-21(20)32(35)36/h4-7,10-12,15,30H,8-9,13H2,1-3H3. The van der Waals surface area contributed by atoms with E-state index in [0.717, 1.165) is 17.4 Å². The molecule has 1 N–H and O–H groups in total. The number of nitrogens with one attached hydrogen (secondary N) is 1. The van der Waals surface area contributed by atoms with Crippen molar-refractivity contribution in [3.05, 3.63) is 75.1 Å². The van der Waals surface area contributed by atoms with Gasteiger partial charge in [-0.1, -0.05) is 0 Å². The molecule has 10 nitrogen and oxygen atoms in total. The van der Waals surface area contributed by atoms with Crippen LogP contribution in [-0.4, -0.2) is 47.1 Å². The van der Waals surface area contributed by atoms with E-state index in [4.69, 9.17) is 14.2 Å². The molecule has 0 spiro atoms. The van der Waals surface area contributed by atoms with Crippen LogP contribution in [0.5, 0.6) is 11.5 Å². The summed E-state index contributed by atoms with van der Waals surface area (Å²) in [6.45, 7) is 5.14. The lowest BCUT2D eigenvalue weighted by Crippen LogP contribution is -2.30. The van der Waals surface area contributed by atoms with E-state index in [1.54, 1.807) is 25.1 Å². The summed E-state index contributed by atoms with van der Waals surface area (Å²) >= 11 is 0. The molecule has 0 aliphatic carbocycles. The van der Waals surface area contributed by atoms with Crippen LogP contribution in [0.4, 0.5) is 24.5 Å². The molecule has 39 heavy (non-hydrogen) atoms. The lowest BCUT2D eigenvalue weighted by atomic mass is 10.1. The van der Waals surface area contributed by atoms with Crippen LogP contribution in [0.1, 0.15) is 34.2 Å². The number of benzene rings is 2. The Morgan fingerprint density at radius 2 is 1.79 bits per heavy atom. The van der Waals surface area contributed by atoms with E-state index in [-0.39, 0.29) is 5.69 Å². The van der Waals surface area contributed by atoms with E-state index < -0.39 is 46.8 Å². The Hall–Kier alpha value is -4.55. The van der Waals surface area contributed by atoms with Gasteiger partial charge in [0.05, 0.1) is 10.5 Å². The number of anilines is 1. The average Bonchev–Trinajstić information content (AvgIpc) is 3.19. The van der Waals surface area contributed by atoms with Gasteiger partial charge in [-0.05, 0) is 51.1 Å². The Kier molecular flexibility index (Phi) is 7.52. The number of hydrogen-bond acceptors (Lipinski definition) is 8. The van der Waals surface area contributed by atoms with Gasteiger partial charge in [0.1, 0.15) is 24.9 Å². The molecule has 1 aliphatic heterocycles. The van der Waals surface area contributed by atoms with Crippen LogP contribution in [0.25, 0.3) is 5.69 Å². The molecule has 13 heteroatoms. The highest BCUT2D eigenvalue weighted by Gasteiger charge is 2.33. The summed E-state index contributed by atoms with van der Waals surface area (Å²) in [7, 11) is 0. The van der Waals surface area contributed by atoms with Gasteiger partial charge in [-0.3, -0.25) is 14.9 Å². The minimum Gasteiger partial charge on any atom is -0.486 e. The summed E-state index contributed by atoms with van der Waals surface area (Å²) in [5.41, 5.74) is 0.0871. The third kappa shape index (κ3) is 5.81. The number of esters is 1. The minimum atomic E-state index is -4.77. The molecule has 2 heterocycles. The lowest BCUT2D eigenvalue weighted by molar-refractivity contribution is -0.384. The third-order valence-electron chi connectivity index (χ3n) is 6.11. The van der Waals surface area contributed by atoms with Gasteiger partial charge in [0.2, 0.25) is 5.78 Å². The molecule has 0 saturated carbocycles. The predicted octanol–water partition coefficient (Wildman–Crippen LogP) is 5.02. The zero-order valence-electron chi connectivity index (χ0n) is 21.1. The highest BCUT2D eigenvalue weighted by atomic mass is 19.4. The first kappa shape index (κ1) is 27.5. The Bertz CT molecular complexity index is 1450. The van der Waals surface area contributed by atoms with E-state index in [1.165, 1.54) is 6.92 Å². The van der Waals surface area contributed by atoms with Crippen molar-refractivity contribution in [2.75, 3.05) is 25.1 Å². The number of Topliss-reactive ketones (excluding diaryl/α,β-unsaturated/α-hetero) is 1. The van der Waals surface area contributed by atoms with Gasteiger partial charge in [-0.25, -0.2) is 4.79 Å². The number of aryl methyl sites for hydroxylation is 1. The van der Waals surface area contributed by atoms with Crippen LogP contribution in [0.3, 0.4) is 0 Å². The van der Waals surface area contributed by atoms with Gasteiger partial charge in [-0.15, -0.1) is 0 Å². The first-order valence-electron chi connectivity index (χ1n) is 11.8. The van der Waals surface area contributed by atoms with Crippen LogP contribution in [0, 0.1) is 24.0 Å². The molecule has 0 saturated heterocycles. The highest BCUT2D eigenvalue weighted by Crippen LogP contribution is 2.36. The largest absolute Gasteiger partial charge is 0.486 e. The number of carbonyl (C=O) groups is 2. The zero-order chi connectivity index (χ0) is 28.5. The van der Waals surface area contributed by atoms with Gasteiger partial charge in [-0.2, -0.15) is 13.2 Å². The molecule has 0 fully saturated rings. The number of alkyl halides is 3. The van der Waals surface area contributed by atoms with Gasteiger partial charge < -0.3 is 24.1 Å². The van der Waals surface area contributed by atoms with Crippen molar-refractivity contribution < 1.29 is 41.9 Å². The van der Waals surface area contributed by atoms with Gasteiger partial charge >= 0.3 is 12.1 Å². The van der Waals surface area contributed by atoms with Crippen LogP contribution < -0.4 is 14.8 Å². The number of hydrogen-bond donors (Lipinski definition) is 1. The number of rotatable bonds is 8. The number of nitrogens with zero attached hydrogens (tertiary/aromatic N) is 2. The minimum absolute atomic E-state index is 0.299. The van der Waals surface area contributed by atoms with Gasteiger partial charge in [0, 0.05) is 34.8 Å². The quantitative estimate of drug-likeness (QED) is 0.181. The maximum Gasteiger partial charge on any atom is 0.416 e. The number of fused-ring (bicyclic) bond motifs is 1. The van der Waals surface area contributed by atoms with E-state index in [9.17, 15) is 32.9 Å². The Morgan fingerprint density at radius 3 is 2.46 bits per heavy atom. The Labute approximate surface area is 220 Å². The summed E-state index contributed by atoms with van der Waals surface area (Å²) in [5, 5.41) is 13.8. The topological polar surface area (TPSA) is 122 Å². The molecule has 4 rings (SSSR count). The summed E-state index contributed by atoms with van der Waals surface area (Å²) in [6, 6.07) is 7.78. The smallest absolute Gasteiger partial charge is 0.416 e. The van der Waals surface area contributed by atoms with Gasteiger partial charge in [0.15, 0.2) is 18.1 Å². The van der Waals surface area contributed by atoms with Crippen LogP contribution in [-0.2, 0) is 15.7 Å². The van der Waals surface area contributed by atoms with E-state index in [0.29, 0.717) is 48.1 Å². The third-order valence-corrected chi connectivity index (χ3v) is 6.11. The summed E-state index contributed by atoms with van der Waals surface area (Å²) in [4.78, 5) is 35.7. The van der Waals surface area contributed by atoms with Crippen molar-refractivity contribution >= 4 is 23.1 Å². The second-order valence-corrected chi connectivity index (χ2v) is 8.83. The number of nitro benzene ring substituents is 1. The first-order valence-corrected chi connectivity index (χ1v) is 11.8. The number of halogens is 3. The number of ether oxygens (including phenoxy) is 3. The number of aromatic nitrogens is 1. The molecule has 0 bridgehead atoms. The Balaban J connectivity index is 1.44. The molecule has 1 aliphatic rings. The van der Waals surface area contributed by atoms with Crippen molar-refractivity contribution in [2.24, 2.45) is 0 Å². The molecule has 1 atom stereocenters. The van der Waals surface area contributed by atoms with Crippen molar-refractivity contribution in [3.63, 3.8) is 0 Å². The molecular formula is C26H24F3N3O7. The second-order valence-electron chi connectivity index (χ2n) is 8.83. The van der Waals surface area contributed by atoms with Crippen molar-refractivity contribution in [3.8, 4) is 17.2 Å². The van der Waals surface area contributed by atoms with Gasteiger partial charge in [0.25, 0.3) is 5.69 Å². The second kappa shape index (κ2) is 10.7. The fourth-order valence-corrected chi connectivity index (χ4v) is 4.23. The highest BCUT2D eigenvalue weighted by molar-refractivity contribution is 5.99. The molecule has 0 amide bonds. The molecule has 1 unspecified atom stereocenters. The fourth-order valence-electron chi connectivity index (χ4n) is 4.23. The molecular weight excluding hydrogens is 523 g/mol. The molecule has 1 aromatic heterocycles. The summed E-state index contributed by atoms with van der Waals surface area (Å²) < 4.78 is 56.9. The van der Waals surface area contributed by atoms with Crippen LogP contribution >= 0.6 is 0 Å². The SMILES string of the molecule is Cc1cc(C(=O)COC(=O)C(C)Nc2ccc(C(F)(F)F)cc2[N+](=O)[O-])c(C)n1-c1ccc2c(c1)OCCO2. The Morgan fingerprint density at radius 1 is 1.10 bits per heavy atom. The van der Waals surface area contributed by atoms with E-state index in [1.807, 2.05) is 17.6 Å². The zero-order valence-corrected chi connectivity index (χ0v) is 21.1. The van der Waals surface area contributed by atoms with E-state index in [2.05, 4.69) is 5.32 Å².